The van der Waals surface area contributed by atoms with E-state index in [0.29, 0.717) is 11.7 Å². The zero-order valence-electron chi connectivity index (χ0n) is 23.2. The van der Waals surface area contributed by atoms with E-state index in [1.807, 2.05) is 0 Å². The third-order valence-corrected chi connectivity index (χ3v) is 7.46. The lowest BCUT2D eigenvalue weighted by Crippen LogP contribution is -2.42. The standard InChI is InChI=1S/C29H34F3N3O5/c1-16(2)35(27(36)18-8-6-17(3)7-9-18)23-11-10-19(12-20(23)28(37)38)40-25-14-22-24(13-21(25)29(30,31)32)34(4)26(33-22)15-39-5/h10-14,16-18H,6-9,15H2,1-5H3,(H,37,38). The Morgan fingerprint density at radius 1 is 1.15 bits per heavy atom. The molecule has 1 amide bonds. The lowest BCUT2D eigenvalue weighted by molar-refractivity contribution is -0.138. The summed E-state index contributed by atoms with van der Waals surface area (Å²) in [5.74, 6) is -1.33. The molecule has 0 atom stereocenters. The first kappa shape index (κ1) is 29.4. The van der Waals surface area contributed by atoms with Crippen molar-refractivity contribution in [2.24, 2.45) is 18.9 Å². The van der Waals surface area contributed by atoms with Gasteiger partial charge in [-0.05, 0) is 69.7 Å². The molecule has 1 heterocycles. The van der Waals surface area contributed by atoms with Gasteiger partial charge in [0.2, 0.25) is 5.91 Å². The van der Waals surface area contributed by atoms with Crippen LogP contribution < -0.4 is 9.64 Å². The van der Waals surface area contributed by atoms with Gasteiger partial charge >= 0.3 is 12.1 Å². The van der Waals surface area contributed by atoms with Crippen molar-refractivity contribution in [3.8, 4) is 11.5 Å². The van der Waals surface area contributed by atoms with Crippen LogP contribution in [0.4, 0.5) is 18.9 Å². The number of carbonyl (C=O) groups is 2. The number of rotatable bonds is 8. The van der Waals surface area contributed by atoms with E-state index in [4.69, 9.17) is 9.47 Å². The minimum absolute atomic E-state index is 0.108. The summed E-state index contributed by atoms with van der Waals surface area (Å²) in [6, 6.07) is 5.76. The highest BCUT2D eigenvalue weighted by Crippen LogP contribution is 2.41. The molecule has 4 rings (SSSR count). The minimum Gasteiger partial charge on any atom is -0.478 e. The Labute approximate surface area is 230 Å². The number of fused-ring (bicyclic) bond motifs is 1. The molecule has 0 spiro atoms. The maximum absolute atomic E-state index is 14.0. The van der Waals surface area contributed by atoms with Crippen molar-refractivity contribution < 1.29 is 37.3 Å². The number of aromatic nitrogens is 2. The number of carboxylic acids is 1. The molecule has 0 radical (unpaired) electrons. The number of hydrogen-bond acceptors (Lipinski definition) is 5. The number of anilines is 1. The van der Waals surface area contributed by atoms with Crippen molar-refractivity contribution >= 4 is 28.6 Å². The molecule has 0 bridgehead atoms. The van der Waals surface area contributed by atoms with E-state index in [1.165, 1.54) is 34.8 Å². The second-order valence-electron chi connectivity index (χ2n) is 10.7. The van der Waals surface area contributed by atoms with Crippen LogP contribution in [-0.2, 0) is 29.4 Å². The quantitative estimate of drug-likeness (QED) is 0.325. The predicted octanol–water partition coefficient (Wildman–Crippen LogP) is 6.80. The van der Waals surface area contributed by atoms with Gasteiger partial charge in [-0.15, -0.1) is 0 Å². The molecule has 0 aliphatic heterocycles. The van der Waals surface area contributed by atoms with Crippen LogP contribution in [-0.4, -0.2) is 39.7 Å². The summed E-state index contributed by atoms with van der Waals surface area (Å²) in [4.78, 5) is 31.6. The van der Waals surface area contributed by atoms with E-state index in [0.717, 1.165) is 37.8 Å². The monoisotopic (exact) mass is 561 g/mol. The normalized spacial score (nSPS) is 17.8. The van der Waals surface area contributed by atoms with Crippen molar-refractivity contribution in [1.82, 2.24) is 9.55 Å². The van der Waals surface area contributed by atoms with E-state index in [9.17, 15) is 27.9 Å². The molecule has 0 unspecified atom stereocenters. The molecule has 11 heteroatoms. The van der Waals surface area contributed by atoms with Gasteiger partial charge in [0.15, 0.2) is 0 Å². The molecular weight excluding hydrogens is 527 g/mol. The second-order valence-corrected chi connectivity index (χ2v) is 10.7. The molecule has 1 aliphatic carbocycles. The summed E-state index contributed by atoms with van der Waals surface area (Å²) < 4.78 is 54.4. The topological polar surface area (TPSA) is 93.9 Å². The number of ether oxygens (including phenoxy) is 2. The Morgan fingerprint density at radius 3 is 2.40 bits per heavy atom. The Morgan fingerprint density at radius 2 is 1.82 bits per heavy atom. The van der Waals surface area contributed by atoms with E-state index >= 15 is 0 Å². The minimum atomic E-state index is -4.75. The van der Waals surface area contributed by atoms with Crippen molar-refractivity contribution in [2.45, 2.75) is 65.3 Å². The zero-order valence-corrected chi connectivity index (χ0v) is 23.2. The number of benzene rings is 2. The lowest BCUT2D eigenvalue weighted by atomic mass is 9.82. The van der Waals surface area contributed by atoms with Crippen molar-refractivity contribution in [1.29, 1.82) is 0 Å². The number of carboxylic acid groups (broad SMARTS) is 1. The fourth-order valence-electron chi connectivity index (χ4n) is 5.28. The van der Waals surface area contributed by atoms with Gasteiger partial charge in [0.05, 0.1) is 22.3 Å². The molecular formula is C29H34F3N3O5. The van der Waals surface area contributed by atoms with Gasteiger partial charge in [-0.1, -0.05) is 6.92 Å². The average Bonchev–Trinajstić information content (AvgIpc) is 3.18. The van der Waals surface area contributed by atoms with E-state index < -0.39 is 23.5 Å². The molecule has 1 fully saturated rings. The Bertz CT molecular complexity index is 1410. The molecule has 3 aromatic rings. The summed E-state index contributed by atoms with van der Waals surface area (Å²) >= 11 is 0. The SMILES string of the molecule is COCc1nc2cc(Oc3ccc(N(C(=O)C4CCC(C)CC4)C(C)C)c(C(=O)O)c3)c(C(F)(F)F)cc2n1C. The number of imidazole rings is 1. The number of amides is 1. The summed E-state index contributed by atoms with van der Waals surface area (Å²) in [5, 5.41) is 10.0. The van der Waals surface area contributed by atoms with Gasteiger partial charge in [-0.25, -0.2) is 9.78 Å². The van der Waals surface area contributed by atoms with E-state index in [1.54, 1.807) is 20.9 Å². The van der Waals surface area contributed by atoms with Crippen LogP contribution in [0.3, 0.4) is 0 Å². The van der Waals surface area contributed by atoms with Crippen LogP contribution in [0.1, 0.15) is 68.2 Å². The summed E-state index contributed by atoms with van der Waals surface area (Å²) in [6.45, 7) is 5.86. The largest absolute Gasteiger partial charge is 0.478 e. The first-order chi connectivity index (χ1) is 18.8. The van der Waals surface area contributed by atoms with Gasteiger partial charge in [0.25, 0.3) is 0 Å². The Balaban J connectivity index is 1.73. The van der Waals surface area contributed by atoms with Crippen LogP contribution in [0.5, 0.6) is 11.5 Å². The van der Waals surface area contributed by atoms with Crippen molar-refractivity contribution in [3.63, 3.8) is 0 Å². The third kappa shape index (κ3) is 5.94. The lowest BCUT2D eigenvalue weighted by Gasteiger charge is -2.34. The van der Waals surface area contributed by atoms with Crippen LogP contribution in [0.25, 0.3) is 11.0 Å². The molecule has 2 aromatic carbocycles. The number of carbonyl (C=O) groups excluding carboxylic acids is 1. The fourth-order valence-corrected chi connectivity index (χ4v) is 5.28. The van der Waals surface area contributed by atoms with Gasteiger partial charge in [0.1, 0.15) is 29.5 Å². The number of aromatic carboxylic acids is 1. The van der Waals surface area contributed by atoms with Gasteiger partial charge in [-0.3, -0.25) is 4.79 Å². The number of methoxy groups -OCH3 is 1. The maximum atomic E-state index is 14.0. The van der Waals surface area contributed by atoms with E-state index in [2.05, 4.69) is 11.9 Å². The van der Waals surface area contributed by atoms with Gasteiger partial charge in [0, 0.05) is 32.2 Å². The van der Waals surface area contributed by atoms with Crippen molar-refractivity contribution in [3.05, 3.63) is 47.3 Å². The average molecular weight is 562 g/mol. The first-order valence-electron chi connectivity index (χ1n) is 13.3. The number of aryl methyl sites for hydroxylation is 1. The summed E-state index contributed by atoms with van der Waals surface area (Å²) in [5.41, 5.74) is -0.571. The molecule has 1 aromatic heterocycles. The third-order valence-electron chi connectivity index (χ3n) is 7.46. The number of halogens is 3. The first-order valence-corrected chi connectivity index (χ1v) is 13.3. The van der Waals surface area contributed by atoms with Crippen LogP contribution in [0.15, 0.2) is 30.3 Å². The molecule has 1 aliphatic rings. The summed E-state index contributed by atoms with van der Waals surface area (Å²) in [7, 11) is 3.06. The molecule has 1 N–H and O–H groups in total. The van der Waals surface area contributed by atoms with Crippen LogP contribution in [0.2, 0.25) is 0 Å². The van der Waals surface area contributed by atoms with Crippen LogP contribution >= 0.6 is 0 Å². The number of alkyl halides is 3. The maximum Gasteiger partial charge on any atom is 0.420 e. The van der Waals surface area contributed by atoms with Gasteiger partial charge < -0.3 is 24.0 Å². The number of hydrogen-bond donors (Lipinski definition) is 1. The smallest absolute Gasteiger partial charge is 0.420 e. The number of nitrogens with zero attached hydrogens (tertiary/aromatic N) is 3. The summed E-state index contributed by atoms with van der Waals surface area (Å²) in [6.07, 6.45) is -1.43. The molecule has 0 saturated heterocycles. The Hall–Kier alpha value is -3.60. The second kappa shape index (κ2) is 11.5. The van der Waals surface area contributed by atoms with Gasteiger partial charge in [-0.2, -0.15) is 13.2 Å². The Kier molecular flexibility index (Phi) is 8.44. The highest BCUT2D eigenvalue weighted by atomic mass is 19.4. The van der Waals surface area contributed by atoms with E-state index in [-0.39, 0.29) is 52.5 Å². The highest BCUT2D eigenvalue weighted by Gasteiger charge is 2.36. The fraction of sp³-hybridized carbons (Fsp3) is 0.483. The molecule has 1 saturated carbocycles. The zero-order chi connectivity index (χ0) is 29.4. The molecule has 8 nitrogen and oxygen atoms in total. The van der Waals surface area contributed by atoms with Crippen LogP contribution in [0, 0.1) is 11.8 Å². The highest BCUT2D eigenvalue weighted by molar-refractivity contribution is 6.03. The predicted molar refractivity (Wildman–Crippen MR) is 144 cm³/mol. The van der Waals surface area contributed by atoms with Crippen molar-refractivity contribution in [2.75, 3.05) is 12.0 Å². The molecule has 40 heavy (non-hydrogen) atoms. The molecule has 216 valence electrons.